The van der Waals surface area contributed by atoms with Crippen molar-refractivity contribution in [2.75, 3.05) is 40.9 Å². The standard InChI is InChI=1S/C73H121N2O6P/c1-6-8-10-12-14-16-18-20-22-24-26-28-29-30-31-32-33-34-35-36-37-38-39-40-41-42-43-44-45-47-49-51-53-55-57-59-61-63-65-67-73(77)74-71(70-81-82(78,79)80-69-68-75(3,4)5)72(76)66-64-62-60-58-56-54-52-50-48-46-27-25-23-21-19-17-15-13-11-9-7-2/h8,10,14,16,20,22,26,28,30-31,33-34,36-37,39-40,42-43,45,47,51,53,56-59,64,66,71-72,76H,6-7,9,11-13,15,17-19,21,23-25,27,29,32,35,38,41,44,46,48-50,52,54-55,60-63,65,67-70H2,1-5H3,(H-,74,77,78,79)/p+1/b10-8-,16-14-,22-20-,28-26-,31-30-,34-33-,37-36-,40-39-,43-42-,47-45-,53-51-,58-56+,59-57-,66-64+. The minimum Gasteiger partial charge on any atom is -0.387 e. The molecule has 0 saturated carbocycles. The summed E-state index contributed by atoms with van der Waals surface area (Å²) in [5.74, 6) is -0.235. The summed E-state index contributed by atoms with van der Waals surface area (Å²) in [6, 6.07) is -0.901. The van der Waals surface area contributed by atoms with Gasteiger partial charge in [0, 0.05) is 6.42 Å². The van der Waals surface area contributed by atoms with Gasteiger partial charge in [0.1, 0.15) is 13.2 Å². The number of aliphatic hydroxyl groups excluding tert-OH is 1. The van der Waals surface area contributed by atoms with Crippen LogP contribution < -0.4 is 5.32 Å². The Labute approximate surface area is 504 Å². The van der Waals surface area contributed by atoms with Gasteiger partial charge in [-0.15, -0.1) is 0 Å². The number of likely N-dealkylation sites (N-methyl/N-ethyl adjacent to an activating group) is 1. The second-order valence-electron chi connectivity index (χ2n) is 22.4. The highest BCUT2D eigenvalue weighted by Gasteiger charge is 2.27. The van der Waals surface area contributed by atoms with Crippen LogP contribution in [0.3, 0.4) is 0 Å². The monoisotopic (exact) mass is 1150 g/mol. The predicted molar refractivity (Wildman–Crippen MR) is 359 cm³/mol. The molecule has 464 valence electrons. The summed E-state index contributed by atoms with van der Waals surface area (Å²) >= 11 is 0. The lowest BCUT2D eigenvalue weighted by Gasteiger charge is -2.25. The van der Waals surface area contributed by atoms with Crippen molar-refractivity contribution in [3.63, 3.8) is 0 Å². The van der Waals surface area contributed by atoms with Crippen LogP contribution in [0, 0.1) is 0 Å². The lowest BCUT2D eigenvalue weighted by molar-refractivity contribution is -0.870. The summed E-state index contributed by atoms with van der Waals surface area (Å²) in [7, 11) is 1.50. The van der Waals surface area contributed by atoms with Gasteiger partial charge in [0.05, 0.1) is 39.9 Å². The molecule has 0 rings (SSSR count). The van der Waals surface area contributed by atoms with Gasteiger partial charge in [-0.2, -0.15) is 0 Å². The zero-order valence-corrected chi connectivity index (χ0v) is 53.8. The van der Waals surface area contributed by atoms with Gasteiger partial charge in [-0.1, -0.05) is 274 Å². The molecule has 0 heterocycles. The highest BCUT2D eigenvalue weighted by atomic mass is 31.2. The third kappa shape index (κ3) is 63.4. The quantitative estimate of drug-likeness (QED) is 0.0243. The van der Waals surface area contributed by atoms with E-state index < -0.39 is 20.0 Å². The Morgan fingerprint density at radius 1 is 0.427 bits per heavy atom. The van der Waals surface area contributed by atoms with Crippen LogP contribution in [0.15, 0.2) is 170 Å². The van der Waals surface area contributed by atoms with Crippen LogP contribution in [0.5, 0.6) is 0 Å². The molecule has 0 aliphatic heterocycles. The van der Waals surface area contributed by atoms with Crippen LogP contribution in [0.1, 0.15) is 232 Å². The first-order valence-electron chi connectivity index (χ1n) is 32.5. The van der Waals surface area contributed by atoms with E-state index in [9.17, 15) is 19.4 Å². The Morgan fingerprint density at radius 2 is 0.744 bits per heavy atom. The highest BCUT2D eigenvalue weighted by molar-refractivity contribution is 7.47. The molecule has 82 heavy (non-hydrogen) atoms. The Morgan fingerprint density at radius 3 is 1.12 bits per heavy atom. The summed E-state index contributed by atoms with van der Waals surface area (Å²) in [4.78, 5) is 23.3. The molecule has 0 fully saturated rings. The number of carbonyl (C=O) groups is 1. The number of phosphoric acid groups is 1. The second kappa shape index (κ2) is 61.4. The van der Waals surface area contributed by atoms with Crippen LogP contribution in [-0.2, 0) is 18.4 Å². The normalized spacial score (nSPS) is 14.9. The first-order chi connectivity index (χ1) is 40.0. The number of quaternary nitrogens is 1. The van der Waals surface area contributed by atoms with Crippen molar-refractivity contribution in [1.82, 2.24) is 5.32 Å². The Balaban J connectivity index is 4.31. The molecule has 8 nitrogen and oxygen atoms in total. The number of aliphatic hydroxyl groups is 1. The fraction of sp³-hybridized carbons (Fsp3) is 0.603. The molecule has 1 amide bonds. The number of phosphoric ester groups is 1. The zero-order valence-electron chi connectivity index (χ0n) is 52.9. The number of allylic oxidation sites excluding steroid dienone is 27. The van der Waals surface area contributed by atoms with E-state index in [0.29, 0.717) is 17.4 Å². The van der Waals surface area contributed by atoms with Crippen molar-refractivity contribution in [2.45, 2.75) is 244 Å². The number of amides is 1. The molecular weight excluding hydrogens is 1030 g/mol. The minimum atomic E-state index is -4.38. The number of nitrogens with one attached hydrogen (secondary N) is 1. The first-order valence-corrected chi connectivity index (χ1v) is 34.0. The van der Waals surface area contributed by atoms with Crippen LogP contribution in [-0.4, -0.2) is 73.4 Å². The first kappa shape index (κ1) is 77.9. The van der Waals surface area contributed by atoms with Gasteiger partial charge < -0.3 is 19.8 Å². The van der Waals surface area contributed by atoms with Gasteiger partial charge in [-0.25, -0.2) is 4.57 Å². The third-order valence-corrected chi connectivity index (χ3v) is 14.4. The van der Waals surface area contributed by atoms with E-state index >= 15 is 0 Å². The van der Waals surface area contributed by atoms with Crippen molar-refractivity contribution in [3.05, 3.63) is 170 Å². The largest absolute Gasteiger partial charge is 0.472 e. The van der Waals surface area contributed by atoms with E-state index in [1.54, 1.807) is 6.08 Å². The van der Waals surface area contributed by atoms with Gasteiger partial charge in [0.15, 0.2) is 0 Å². The Bertz CT molecular complexity index is 1940. The summed E-state index contributed by atoms with van der Waals surface area (Å²) < 4.78 is 23.7. The Kier molecular flexibility index (Phi) is 58.3. The molecular formula is C73H122N2O6P+. The van der Waals surface area contributed by atoms with Crippen molar-refractivity contribution in [3.8, 4) is 0 Å². The molecule has 3 unspecified atom stereocenters. The van der Waals surface area contributed by atoms with Crippen LogP contribution in [0.2, 0.25) is 0 Å². The van der Waals surface area contributed by atoms with Gasteiger partial charge >= 0.3 is 7.82 Å². The van der Waals surface area contributed by atoms with Crippen LogP contribution >= 0.6 is 7.82 Å². The van der Waals surface area contributed by atoms with Gasteiger partial charge in [-0.3, -0.25) is 13.8 Å². The van der Waals surface area contributed by atoms with E-state index in [1.165, 1.54) is 96.3 Å². The molecule has 0 saturated heterocycles. The summed E-state index contributed by atoms with van der Waals surface area (Å²) in [6.07, 6.45) is 97.7. The maximum absolute atomic E-state index is 13.0. The number of carbonyl (C=O) groups excluding carboxylic acids is 1. The maximum atomic E-state index is 13.0. The molecule has 0 bridgehead atoms. The molecule has 0 aromatic heterocycles. The molecule has 3 N–H and O–H groups in total. The van der Waals surface area contributed by atoms with Crippen molar-refractivity contribution in [2.24, 2.45) is 0 Å². The van der Waals surface area contributed by atoms with E-state index in [4.69, 9.17) is 9.05 Å². The van der Waals surface area contributed by atoms with E-state index in [-0.39, 0.29) is 25.5 Å². The maximum Gasteiger partial charge on any atom is 0.472 e. The molecule has 0 aliphatic carbocycles. The van der Waals surface area contributed by atoms with E-state index in [0.717, 1.165) is 109 Å². The third-order valence-electron chi connectivity index (χ3n) is 13.4. The molecule has 0 spiro atoms. The van der Waals surface area contributed by atoms with Gasteiger partial charge in [-0.05, 0) is 122 Å². The summed E-state index contributed by atoms with van der Waals surface area (Å²) in [5.41, 5.74) is 0. The van der Waals surface area contributed by atoms with E-state index in [1.807, 2.05) is 27.2 Å². The van der Waals surface area contributed by atoms with Crippen molar-refractivity contribution in [1.29, 1.82) is 0 Å². The number of hydrogen-bond acceptors (Lipinski definition) is 5. The average molecular weight is 1150 g/mol. The highest BCUT2D eigenvalue weighted by Crippen LogP contribution is 2.43. The van der Waals surface area contributed by atoms with Crippen LogP contribution in [0.4, 0.5) is 0 Å². The summed E-state index contributed by atoms with van der Waals surface area (Å²) in [5, 5.41) is 13.9. The number of hydrogen-bond donors (Lipinski definition) is 3. The van der Waals surface area contributed by atoms with Crippen molar-refractivity contribution < 1.29 is 32.9 Å². The zero-order chi connectivity index (χ0) is 59.8. The van der Waals surface area contributed by atoms with Crippen molar-refractivity contribution >= 4 is 13.7 Å². The van der Waals surface area contributed by atoms with E-state index in [2.05, 4.69) is 177 Å². The molecule has 9 heteroatoms. The second-order valence-corrected chi connectivity index (χ2v) is 23.8. The lowest BCUT2D eigenvalue weighted by Crippen LogP contribution is -2.45. The number of rotatable bonds is 57. The topological polar surface area (TPSA) is 105 Å². The Hall–Kier alpha value is -4.14. The van der Waals surface area contributed by atoms with Gasteiger partial charge in [0.25, 0.3) is 0 Å². The molecule has 0 radical (unpaired) electrons. The lowest BCUT2D eigenvalue weighted by atomic mass is 10.0. The smallest absolute Gasteiger partial charge is 0.387 e. The fourth-order valence-corrected chi connectivity index (χ4v) is 9.13. The SMILES string of the molecule is CC/C=C\C/C=C\C/C=C\C/C=C\C/C=C\C/C=C\C/C=C\C/C=C\C/C=C\C/C=C\C/C=C\C/C=C\CCCCC(=O)NC(COP(=O)(O)OCC[N+](C)(C)C)C(O)/C=C/CC/C=C/CCCCCCCCCCCCCCCCC. The molecule has 0 aliphatic rings. The number of unbranched alkanes of at least 4 members (excludes halogenated alkanes) is 18. The minimum absolute atomic E-state index is 0.0383. The molecule has 0 aromatic carbocycles. The summed E-state index contributed by atoms with van der Waals surface area (Å²) in [6.45, 7) is 4.64. The fourth-order valence-electron chi connectivity index (χ4n) is 8.39. The molecule has 3 atom stereocenters. The average Bonchev–Trinajstić information content (AvgIpc) is 3.46. The van der Waals surface area contributed by atoms with Crippen LogP contribution in [0.25, 0.3) is 0 Å². The van der Waals surface area contributed by atoms with Gasteiger partial charge in [0.2, 0.25) is 5.91 Å². The molecule has 0 aromatic rings. The predicted octanol–water partition coefficient (Wildman–Crippen LogP) is 20.8. The number of nitrogens with zero attached hydrogens (tertiary/aromatic N) is 1.